The number of nitrogens with zero attached hydrogens (tertiary/aromatic N) is 1. The summed E-state index contributed by atoms with van der Waals surface area (Å²) in [6, 6.07) is 14.8. The third kappa shape index (κ3) is 3.71. The van der Waals surface area contributed by atoms with Gasteiger partial charge in [-0.1, -0.05) is 60.2 Å². The van der Waals surface area contributed by atoms with Crippen LogP contribution in [-0.4, -0.2) is 37.4 Å². The number of hydrogen-bond acceptors (Lipinski definition) is 4. The smallest absolute Gasteiger partial charge is 0.326 e. The molecule has 3 unspecified atom stereocenters. The van der Waals surface area contributed by atoms with Crippen LogP contribution in [0.25, 0.3) is 6.08 Å². The predicted molar refractivity (Wildman–Crippen MR) is 99.9 cm³/mol. The summed E-state index contributed by atoms with van der Waals surface area (Å²) >= 11 is 0. The lowest BCUT2D eigenvalue weighted by atomic mass is 10.2. The quantitative estimate of drug-likeness (QED) is 0.578. The number of rotatable bonds is 6. The maximum atomic E-state index is 12.9. The molecule has 0 amide bonds. The largest absolute Gasteiger partial charge is 0.465 e. The highest BCUT2D eigenvalue weighted by atomic mass is 32.2. The maximum absolute atomic E-state index is 12.9. The van der Waals surface area contributed by atoms with Gasteiger partial charge in [0, 0.05) is 0 Å². The maximum Gasteiger partial charge on any atom is 0.326 e. The Morgan fingerprint density at radius 2 is 1.77 bits per heavy atom. The van der Waals surface area contributed by atoms with Crippen molar-refractivity contribution in [2.45, 2.75) is 30.8 Å². The molecule has 2 aromatic rings. The summed E-state index contributed by atoms with van der Waals surface area (Å²) in [7, 11) is -3.77. The van der Waals surface area contributed by atoms with Gasteiger partial charge in [0.05, 0.1) is 17.5 Å². The van der Waals surface area contributed by atoms with Crippen LogP contribution in [0, 0.1) is 6.92 Å². The minimum atomic E-state index is -3.77. The van der Waals surface area contributed by atoms with Crippen molar-refractivity contribution in [3.63, 3.8) is 0 Å². The Hall–Kier alpha value is -2.44. The van der Waals surface area contributed by atoms with Gasteiger partial charge in [0.25, 0.3) is 0 Å². The summed E-state index contributed by atoms with van der Waals surface area (Å²) in [5, 5.41) is 0. The number of ether oxygens (including phenoxy) is 1. The minimum absolute atomic E-state index is 0.174. The number of aryl methyl sites for hydroxylation is 1. The van der Waals surface area contributed by atoms with Gasteiger partial charge in [-0.15, -0.1) is 0 Å². The van der Waals surface area contributed by atoms with Crippen molar-refractivity contribution < 1.29 is 17.9 Å². The van der Waals surface area contributed by atoms with Gasteiger partial charge in [-0.25, -0.2) is 8.42 Å². The van der Waals surface area contributed by atoms with E-state index in [1.54, 1.807) is 37.3 Å². The molecule has 1 saturated heterocycles. The van der Waals surface area contributed by atoms with Crippen molar-refractivity contribution in [2.75, 3.05) is 6.61 Å². The van der Waals surface area contributed by atoms with E-state index in [0.29, 0.717) is 0 Å². The van der Waals surface area contributed by atoms with Gasteiger partial charge in [0.2, 0.25) is 10.0 Å². The second-order valence-electron chi connectivity index (χ2n) is 6.11. The summed E-state index contributed by atoms with van der Waals surface area (Å²) in [4.78, 5) is 12.4. The summed E-state index contributed by atoms with van der Waals surface area (Å²) in [6.07, 6.45) is 3.56. The topological polar surface area (TPSA) is 63.5 Å². The van der Waals surface area contributed by atoms with Gasteiger partial charge in [0.1, 0.15) is 6.04 Å². The average Bonchev–Trinajstić information content (AvgIpc) is 3.37. The second-order valence-corrected chi connectivity index (χ2v) is 7.95. The molecule has 136 valence electrons. The molecular weight excluding hydrogens is 350 g/mol. The molecule has 5 nitrogen and oxygen atoms in total. The molecule has 0 bridgehead atoms. The van der Waals surface area contributed by atoms with Crippen LogP contribution in [0.5, 0.6) is 0 Å². The molecule has 2 aromatic carbocycles. The molecule has 6 heteroatoms. The van der Waals surface area contributed by atoms with E-state index in [4.69, 9.17) is 4.74 Å². The zero-order chi connectivity index (χ0) is 18.7. The molecule has 0 radical (unpaired) electrons. The van der Waals surface area contributed by atoms with E-state index in [1.165, 1.54) is 4.31 Å². The molecule has 3 rings (SSSR count). The number of sulfonamides is 1. The lowest BCUT2D eigenvalue weighted by Gasteiger charge is -2.06. The van der Waals surface area contributed by atoms with Crippen LogP contribution in [0.2, 0.25) is 0 Å². The molecule has 0 N–H and O–H groups in total. The van der Waals surface area contributed by atoms with Crippen LogP contribution in [0.15, 0.2) is 65.6 Å². The Morgan fingerprint density at radius 1 is 1.12 bits per heavy atom. The van der Waals surface area contributed by atoms with Crippen molar-refractivity contribution >= 4 is 22.1 Å². The van der Waals surface area contributed by atoms with Crippen LogP contribution >= 0.6 is 0 Å². The van der Waals surface area contributed by atoms with Crippen molar-refractivity contribution in [3.8, 4) is 0 Å². The summed E-state index contributed by atoms with van der Waals surface area (Å²) < 4.78 is 32.1. The van der Waals surface area contributed by atoms with Crippen LogP contribution in [-0.2, 0) is 19.6 Å². The monoisotopic (exact) mass is 371 g/mol. The highest BCUT2D eigenvalue weighted by molar-refractivity contribution is 7.89. The van der Waals surface area contributed by atoms with E-state index in [0.717, 1.165) is 11.1 Å². The molecule has 1 aliphatic rings. The molecule has 1 heterocycles. The van der Waals surface area contributed by atoms with Crippen LogP contribution in [0.1, 0.15) is 18.1 Å². The first kappa shape index (κ1) is 18.4. The van der Waals surface area contributed by atoms with Crippen LogP contribution in [0.3, 0.4) is 0 Å². The number of carbonyl (C=O) groups is 1. The fraction of sp³-hybridized carbons (Fsp3) is 0.250. The van der Waals surface area contributed by atoms with Gasteiger partial charge >= 0.3 is 5.97 Å². The van der Waals surface area contributed by atoms with E-state index in [2.05, 4.69) is 0 Å². The average molecular weight is 371 g/mol. The SMILES string of the molecule is CCOC(=O)C1C(/C=C/c2ccccc2)N1S(=O)(=O)c1ccc(C)cc1. The summed E-state index contributed by atoms with van der Waals surface area (Å²) in [5.41, 5.74) is 1.91. The number of esters is 1. The fourth-order valence-corrected chi connectivity index (χ4v) is 4.49. The minimum Gasteiger partial charge on any atom is -0.465 e. The Labute approximate surface area is 154 Å². The van der Waals surface area contributed by atoms with E-state index < -0.39 is 28.1 Å². The van der Waals surface area contributed by atoms with Crippen molar-refractivity contribution in [1.29, 1.82) is 0 Å². The first-order valence-corrected chi connectivity index (χ1v) is 9.89. The molecule has 0 aromatic heterocycles. The van der Waals surface area contributed by atoms with E-state index in [9.17, 15) is 13.2 Å². The lowest BCUT2D eigenvalue weighted by Crippen LogP contribution is -2.21. The number of benzene rings is 2. The van der Waals surface area contributed by atoms with Crippen molar-refractivity contribution in [1.82, 2.24) is 4.31 Å². The number of carbonyl (C=O) groups excluding carboxylic acids is 1. The molecule has 1 fully saturated rings. The third-order valence-electron chi connectivity index (χ3n) is 4.21. The highest BCUT2D eigenvalue weighted by Gasteiger charge is 2.59. The number of hydrogen-bond donors (Lipinski definition) is 0. The van der Waals surface area contributed by atoms with Crippen molar-refractivity contribution in [3.05, 3.63) is 71.8 Å². The van der Waals surface area contributed by atoms with Crippen LogP contribution < -0.4 is 0 Å². The molecule has 1 aliphatic heterocycles. The zero-order valence-corrected chi connectivity index (χ0v) is 15.5. The third-order valence-corrected chi connectivity index (χ3v) is 6.11. The standard InChI is InChI=1S/C20H21NO4S/c1-3-25-20(22)19-18(14-11-16-7-5-4-6-8-16)21(19)26(23,24)17-12-9-15(2)10-13-17/h4-14,18-19H,3H2,1-2H3/b14-11+. The Balaban J connectivity index is 1.88. The van der Waals surface area contributed by atoms with Crippen LogP contribution in [0.4, 0.5) is 0 Å². The normalized spacial score (nSPS) is 22.3. The molecule has 3 atom stereocenters. The second kappa shape index (κ2) is 7.43. The Kier molecular flexibility index (Phi) is 5.25. The first-order chi connectivity index (χ1) is 12.4. The Morgan fingerprint density at radius 3 is 2.38 bits per heavy atom. The highest BCUT2D eigenvalue weighted by Crippen LogP contribution is 2.38. The predicted octanol–water partition coefficient (Wildman–Crippen LogP) is 3.01. The summed E-state index contributed by atoms with van der Waals surface area (Å²) in [6.45, 7) is 3.80. The van der Waals surface area contributed by atoms with Gasteiger partial charge < -0.3 is 4.74 Å². The molecule has 26 heavy (non-hydrogen) atoms. The van der Waals surface area contributed by atoms with Gasteiger partial charge in [0.15, 0.2) is 0 Å². The molecule has 0 saturated carbocycles. The van der Waals surface area contributed by atoms with E-state index in [-0.39, 0.29) is 11.5 Å². The lowest BCUT2D eigenvalue weighted by molar-refractivity contribution is -0.143. The van der Waals surface area contributed by atoms with E-state index >= 15 is 0 Å². The van der Waals surface area contributed by atoms with E-state index in [1.807, 2.05) is 43.3 Å². The molecule has 0 aliphatic carbocycles. The van der Waals surface area contributed by atoms with Gasteiger partial charge in [-0.2, -0.15) is 4.31 Å². The van der Waals surface area contributed by atoms with Gasteiger partial charge in [-0.05, 0) is 31.5 Å². The zero-order valence-electron chi connectivity index (χ0n) is 14.7. The Bertz CT molecular complexity index is 905. The summed E-state index contributed by atoms with van der Waals surface area (Å²) in [5.74, 6) is -0.522. The molecule has 0 spiro atoms. The van der Waals surface area contributed by atoms with Gasteiger partial charge in [-0.3, -0.25) is 4.79 Å². The fourth-order valence-electron chi connectivity index (χ4n) is 2.81. The molecular formula is C20H21NO4S. The van der Waals surface area contributed by atoms with Crippen molar-refractivity contribution in [2.24, 2.45) is 0 Å². The first-order valence-electron chi connectivity index (χ1n) is 8.45.